The highest BCUT2D eigenvalue weighted by atomic mass is 14.3. The predicted octanol–water partition coefficient (Wildman–Crippen LogP) is 5.01. The molecule has 0 amide bonds. The monoisotopic (exact) mass is 226 g/mol. The van der Waals surface area contributed by atoms with E-state index < -0.39 is 0 Å². The number of hydrogen-bond acceptors (Lipinski definition) is 0. The quantitative estimate of drug-likeness (QED) is 0.622. The molecule has 0 bridgehead atoms. The highest BCUT2D eigenvalue weighted by Gasteiger charge is 2.23. The summed E-state index contributed by atoms with van der Waals surface area (Å²) in [6.45, 7) is 10.7. The molecule has 0 saturated carbocycles. The molecule has 0 nitrogen and oxygen atoms in total. The lowest BCUT2D eigenvalue weighted by Gasteiger charge is -2.29. The molecule has 0 saturated heterocycles. The molecule has 0 aliphatic heterocycles. The number of rotatable bonds is 2. The van der Waals surface area contributed by atoms with Crippen molar-refractivity contribution in [3.63, 3.8) is 0 Å². The van der Waals surface area contributed by atoms with E-state index in [-0.39, 0.29) is 0 Å². The van der Waals surface area contributed by atoms with Gasteiger partial charge in [0.05, 0.1) is 0 Å². The van der Waals surface area contributed by atoms with Gasteiger partial charge in [-0.1, -0.05) is 53.6 Å². The van der Waals surface area contributed by atoms with Crippen LogP contribution in [0.3, 0.4) is 0 Å². The third-order valence-corrected chi connectivity index (χ3v) is 3.97. The van der Waals surface area contributed by atoms with Crippen LogP contribution in [0, 0.1) is 12.8 Å². The largest absolute Gasteiger partial charge is 0.0998 e. The molecular formula is C17H22. The Balaban J connectivity index is 2.25. The van der Waals surface area contributed by atoms with E-state index in [1.54, 1.807) is 0 Å². The molecule has 1 aromatic rings. The number of aryl methyl sites for hydroxylation is 1. The van der Waals surface area contributed by atoms with Gasteiger partial charge >= 0.3 is 0 Å². The highest BCUT2D eigenvalue weighted by Crippen LogP contribution is 2.38. The molecule has 1 aromatic carbocycles. The summed E-state index contributed by atoms with van der Waals surface area (Å²) in [6.07, 6.45) is 4.79. The van der Waals surface area contributed by atoms with Crippen molar-refractivity contribution < 1.29 is 0 Å². The summed E-state index contributed by atoms with van der Waals surface area (Å²) in [7, 11) is 0. The van der Waals surface area contributed by atoms with Crippen LogP contribution in [-0.4, -0.2) is 0 Å². The summed E-state index contributed by atoms with van der Waals surface area (Å²) >= 11 is 0. The zero-order chi connectivity index (χ0) is 12.4. The van der Waals surface area contributed by atoms with Gasteiger partial charge in [-0.05, 0) is 45.1 Å². The second-order valence-corrected chi connectivity index (χ2v) is 5.43. The van der Waals surface area contributed by atoms with Crippen molar-refractivity contribution in [2.24, 2.45) is 5.92 Å². The van der Waals surface area contributed by atoms with Gasteiger partial charge in [0.25, 0.3) is 0 Å². The molecule has 0 spiro atoms. The summed E-state index contributed by atoms with van der Waals surface area (Å²) in [5.74, 6) is 1.25. The van der Waals surface area contributed by atoms with Crippen LogP contribution in [-0.2, 0) is 0 Å². The SMILES string of the molecule is C=C(C)[C@@H]1CC=C(C)[C@@H](c2ccc(C)cc2)C1. The summed E-state index contributed by atoms with van der Waals surface area (Å²) in [5.41, 5.74) is 5.63. The van der Waals surface area contributed by atoms with Gasteiger partial charge in [0, 0.05) is 5.92 Å². The lowest BCUT2D eigenvalue weighted by molar-refractivity contribution is 0.496. The molecule has 0 heterocycles. The van der Waals surface area contributed by atoms with Gasteiger partial charge in [-0.2, -0.15) is 0 Å². The van der Waals surface area contributed by atoms with Crippen LogP contribution in [0.1, 0.15) is 43.7 Å². The van der Waals surface area contributed by atoms with Crippen LogP contribution in [0.15, 0.2) is 48.1 Å². The molecular weight excluding hydrogens is 204 g/mol. The third kappa shape index (κ3) is 2.69. The van der Waals surface area contributed by atoms with Crippen molar-refractivity contribution in [3.05, 3.63) is 59.2 Å². The first-order valence-corrected chi connectivity index (χ1v) is 6.46. The van der Waals surface area contributed by atoms with E-state index in [1.807, 2.05) is 0 Å². The minimum atomic E-state index is 0.589. The van der Waals surface area contributed by atoms with E-state index in [2.05, 4.69) is 57.7 Å². The lowest BCUT2D eigenvalue weighted by Crippen LogP contribution is -2.14. The fourth-order valence-electron chi connectivity index (χ4n) is 2.64. The second kappa shape index (κ2) is 4.91. The molecule has 0 heteroatoms. The Morgan fingerprint density at radius 2 is 1.82 bits per heavy atom. The van der Waals surface area contributed by atoms with Gasteiger partial charge in [0.15, 0.2) is 0 Å². The molecule has 90 valence electrons. The predicted molar refractivity (Wildman–Crippen MR) is 75.2 cm³/mol. The smallest absolute Gasteiger partial charge is 0.00512 e. The Morgan fingerprint density at radius 3 is 2.41 bits per heavy atom. The van der Waals surface area contributed by atoms with Gasteiger partial charge in [0.1, 0.15) is 0 Å². The van der Waals surface area contributed by atoms with Crippen LogP contribution in [0.5, 0.6) is 0 Å². The average Bonchev–Trinajstić information content (AvgIpc) is 2.31. The van der Waals surface area contributed by atoms with Crippen molar-refractivity contribution in [1.82, 2.24) is 0 Å². The highest BCUT2D eigenvalue weighted by molar-refractivity contribution is 5.32. The Bertz CT molecular complexity index is 434. The topological polar surface area (TPSA) is 0 Å². The molecule has 2 atom stereocenters. The van der Waals surface area contributed by atoms with E-state index >= 15 is 0 Å². The molecule has 0 radical (unpaired) electrons. The Morgan fingerprint density at radius 1 is 1.18 bits per heavy atom. The Labute approximate surface area is 105 Å². The van der Waals surface area contributed by atoms with Crippen molar-refractivity contribution in [2.45, 2.75) is 39.5 Å². The van der Waals surface area contributed by atoms with Crippen molar-refractivity contribution in [1.29, 1.82) is 0 Å². The van der Waals surface area contributed by atoms with Gasteiger partial charge < -0.3 is 0 Å². The van der Waals surface area contributed by atoms with Crippen molar-refractivity contribution >= 4 is 0 Å². The van der Waals surface area contributed by atoms with Gasteiger partial charge in [-0.25, -0.2) is 0 Å². The molecule has 1 aliphatic rings. The third-order valence-electron chi connectivity index (χ3n) is 3.97. The normalized spacial score (nSPS) is 24.3. The van der Waals surface area contributed by atoms with Crippen LogP contribution < -0.4 is 0 Å². The number of allylic oxidation sites excluding steroid dienone is 3. The Hall–Kier alpha value is -1.30. The number of benzene rings is 1. The van der Waals surface area contributed by atoms with Crippen LogP contribution in [0.25, 0.3) is 0 Å². The van der Waals surface area contributed by atoms with E-state index in [9.17, 15) is 0 Å². The molecule has 0 unspecified atom stereocenters. The summed E-state index contributed by atoms with van der Waals surface area (Å²) in [5, 5.41) is 0. The standard InChI is InChI=1S/C17H22/c1-12(2)16-10-7-14(4)17(11-16)15-8-5-13(3)6-9-15/h5-9,16-17H,1,10-11H2,2-4H3/t16-,17+/m1/s1. The summed E-state index contributed by atoms with van der Waals surface area (Å²) in [6, 6.07) is 8.98. The average molecular weight is 226 g/mol. The second-order valence-electron chi connectivity index (χ2n) is 5.43. The fourth-order valence-corrected chi connectivity index (χ4v) is 2.64. The summed E-state index contributed by atoms with van der Waals surface area (Å²) in [4.78, 5) is 0. The van der Waals surface area contributed by atoms with E-state index in [0.717, 1.165) is 0 Å². The zero-order valence-corrected chi connectivity index (χ0v) is 11.2. The first kappa shape index (κ1) is 12.2. The van der Waals surface area contributed by atoms with E-state index in [0.29, 0.717) is 11.8 Å². The first-order chi connectivity index (χ1) is 8.08. The van der Waals surface area contributed by atoms with Crippen molar-refractivity contribution in [3.8, 4) is 0 Å². The maximum Gasteiger partial charge on any atom is 0.00512 e. The molecule has 17 heavy (non-hydrogen) atoms. The minimum absolute atomic E-state index is 0.589. The zero-order valence-electron chi connectivity index (χ0n) is 11.2. The number of hydrogen-bond donors (Lipinski definition) is 0. The molecule has 1 aliphatic carbocycles. The molecule has 0 aromatic heterocycles. The molecule has 0 N–H and O–H groups in total. The minimum Gasteiger partial charge on any atom is -0.0998 e. The van der Waals surface area contributed by atoms with Crippen molar-refractivity contribution in [2.75, 3.05) is 0 Å². The van der Waals surface area contributed by atoms with Crippen LogP contribution in [0.2, 0.25) is 0 Å². The van der Waals surface area contributed by atoms with Gasteiger partial charge in [-0.15, -0.1) is 0 Å². The summed E-state index contributed by atoms with van der Waals surface area (Å²) < 4.78 is 0. The van der Waals surface area contributed by atoms with Gasteiger partial charge in [-0.3, -0.25) is 0 Å². The first-order valence-electron chi connectivity index (χ1n) is 6.46. The van der Waals surface area contributed by atoms with E-state index in [1.165, 1.54) is 35.1 Å². The lowest BCUT2D eigenvalue weighted by atomic mass is 9.76. The maximum atomic E-state index is 4.12. The maximum absolute atomic E-state index is 4.12. The fraction of sp³-hybridized carbons (Fsp3) is 0.412. The van der Waals surface area contributed by atoms with E-state index in [4.69, 9.17) is 0 Å². The Kier molecular flexibility index (Phi) is 3.51. The van der Waals surface area contributed by atoms with Crippen LogP contribution in [0.4, 0.5) is 0 Å². The van der Waals surface area contributed by atoms with Gasteiger partial charge in [0.2, 0.25) is 0 Å². The molecule has 0 fully saturated rings. The van der Waals surface area contributed by atoms with Crippen LogP contribution >= 0.6 is 0 Å². The molecule has 2 rings (SSSR count).